The van der Waals surface area contributed by atoms with Crippen LogP contribution in [0.3, 0.4) is 0 Å². The number of aryl methyl sites for hydroxylation is 1. The Kier molecular flexibility index (Phi) is 5.92. The first-order valence-electron chi connectivity index (χ1n) is 10.6. The van der Waals surface area contributed by atoms with Gasteiger partial charge in [0.05, 0.1) is 25.3 Å². The molecule has 0 radical (unpaired) electrons. The van der Waals surface area contributed by atoms with Crippen molar-refractivity contribution in [3.63, 3.8) is 0 Å². The van der Waals surface area contributed by atoms with E-state index in [1.165, 1.54) is 6.33 Å². The summed E-state index contributed by atoms with van der Waals surface area (Å²) in [6.45, 7) is 3.04. The molecule has 9 nitrogen and oxygen atoms in total. The number of anilines is 2. The number of hydrogen-bond acceptors (Lipinski definition) is 7. The fraction of sp³-hybridized carbons (Fsp3) is 0.125. The van der Waals surface area contributed by atoms with Crippen molar-refractivity contribution in [1.29, 1.82) is 0 Å². The van der Waals surface area contributed by atoms with E-state index >= 15 is 0 Å². The Bertz CT molecular complexity index is 1480. The van der Waals surface area contributed by atoms with Crippen LogP contribution in [0.2, 0.25) is 5.02 Å². The Balaban J connectivity index is 1.49. The standard InChI is InChI=1S/C24H20ClN7O2/c1-2-31-15-28-22-21(31)23(33)30-24(32(22)13-16-3-5-17(25)6-4-16)29-18-7-9-19(10-8-18)34-20-11-26-14-27-12-20/h3-12,14-15H,2,13H2,1H3,(H,29,30,33). The molecule has 0 spiro atoms. The van der Waals surface area contributed by atoms with E-state index in [-0.39, 0.29) is 5.56 Å². The predicted octanol–water partition coefficient (Wildman–Crippen LogP) is 4.64. The lowest BCUT2D eigenvalue weighted by molar-refractivity contribution is 0.477. The van der Waals surface area contributed by atoms with Crippen molar-refractivity contribution in [3.8, 4) is 11.5 Å². The van der Waals surface area contributed by atoms with Crippen LogP contribution in [0.5, 0.6) is 11.5 Å². The lowest BCUT2D eigenvalue weighted by Gasteiger charge is -2.15. The molecule has 3 aromatic heterocycles. The average Bonchev–Trinajstić information content (AvgIpc) is 3.30. The van der Waals surface area contributed by atoms with Gasteiger partial charge in [-0.3, -0.25) is 9.36 Å². The molecule has 5 aromatic rings. The number of ether oxygens (including phenoxy) is 1. The van der Waals surface area contributed by atoms with Gasteiger partial charge in [0.15, 0.2) is 16.9 Å². The molecular weight excluding hydrogens is 454 g/mol. The van der Waals surface area contributed by atoms with Crippen LogP contribution in [-0.4, -0.2) is 29.1 Å². The molecule has 0 saturated carbocycles. The predicted molar refractivity (Wildman–Crippen MR) is 130 cm³/mol. The zero-order chi connectivity index (χ0) is 23.5. The lowest BCUT2D eigenvalue weighted by Crippen LogP contribution is -2.20. The van der Waals surface area contributed by atoms with E-state index in [2.05, 4.69) is 25.3 Å². The van der Waals surface area contributed by atoms with Crippen molar-refractivity contribution in [1.82, 2.24) is 29.1 Å². The number of nitrogens with zero attached hydrogens (tertiary/aromatic N) is 6. The van der Waals surface area contributed by atoms with Crippen molar-refractivity contribution in [2.24, 2.45) is 0 Å². The highest BCUT2D eigenvalue weighted by atomic mass is 35.5. The summed E-state index contributed by atoms with van der Waals surface area (Å²) in [5.41, 5.74) is 2.43. The van der Waals surface area contributed by atoms with Gasteiger partial charge in [-0.15, -0.1) is 0 Å². The summed E-state index contributed by atoms with van der Waals surface area (Å²) < 4.78 is 9.43. The van der Waals surface area contributed by atoms with Crippen LogP contribution in [-0.2, 0) is 13.1 Å². The fourth-order valence-corrected chi connectivity index (χ4v) is 3.69. The first-order valence-corrected chi connectivity index (χ1v) is 11.0. The highest BCUT2D eigenvalue weighted by Gasteiger charge is 2.16. The zero-order valence-corrected chi connectivity index (χ0v) is 19.0. The third-order valence-corrected chi connectivity index (χ3v) is 5.47. The number of hydrogen-bond donors (Lipinski definition) is 1. The van der Waals surface area contributed by atoms with E-state index < -0.39 is 0 Å². The molecule has 5 rings (SSSR count). The Morgan fingerprint density at radius 2 is 1.74 bits per heavy atom. The molecule has 0 bridgehead atoms. The van der Waals surface area contributed by atoms with Crippen LogP contribution >= 0.6 is 11.6 Å². The average molecular weight is 474 g/mol. The number of aromatic nitrogens is 6. The molecule has 0 saturated heterocycles. The van der Waals surface area contributed by atoms with Gasteiger partial charge in [-0.2, -0.15) is 4.98 Å². The molecule has 10 heteroatoms. The van der Waals surface area contributed by atoms with Gasteiger partial charge < -0.3 is 14.6 Å². The molecule has 0 aliphatic heterocycles. The molecular formula is C24H20ClN7O2. The molecule has 170 valence electrons. The Labute approximate surface area is 199 Å². The molecule has 0 unspecified atom stereocenters. The summed E-state index contributed by atoms with van der Waals surface area (Å²) in [6.07, 6.45) is 6.28. The van der Waals surface area contributed by atoms with Gasteiger partial charge in [0.2, 0.25) is 5.95 Å². The van der Waals surface area contributed by atoms with Crippen LogP contribution in [0.25, 0.3) is 11.2 Å². The molecule has 0 aliphatic rings. The van der Waals surface area contributed by atoms with Crippen molar-refractivity contribution in [3.05, 3.63) is 94.5 Å². The van der Waals surface area contributed by atoms with Gasteiger partial charge in [0.25, 0.3) is 0 Å². The van der Waals surface area contributed by atoms with Crippen molar-refractivity contribution >= 4 is 34.4 Å². The summed E-state index contributed by atoms with van der Waals surface area (Å²) in [5, 5.41) is 3.91. The number of rotatable bonds is 7. The fourth-order valence-electron chi connectivity index (χ4n) is 3.56. The first kappa shape index (κ1) is 21.6. The second-order valence-electron chi connectivity index (χ2n) is 7.48. The molecule has 2 aromatic carbocycles. The summed E-state index contributed by atoms with van der Waals surface area (Å²) in [4.78, 5) is 29.6. The van der Waals surface area contributed by atoms with Crippen LogP contribution in [0.15, 0.2) is 78.4 Å². The third-order valence-electron chi connectivity index (χ3n) is 5.22. The van der Waals surface area contributed by atoms with Crippen LogP contribution in [0.4, 0.5) is 11.6 Å². The Morgan fingerprint density at radius 3 is 2.44 bits per heavy atom. The van der Waals surface area contributed by atoms with E-state index in [9.17, 15) is 4.79 Å². The van der Waals surface area contributed by atoms with Gasteiger partial charge in [-0.1, -0.05) is 23.7 Å². The molecule has 0 fully saturated rings. The summed E-state index contributed by atoms with van der Waals surface area (Å²) >= 11 is 6.05. The minimum Gasteiger partial charge on any atom is -0.454 e. The SMILES string of the molecule is CCn1cnc2c1c(=O)nc(Nc1ccc(Oc3cncnc3)cc1)n2Cc1ccc(Cl)cc1. The van der Waals surface area contributed by atoms with E-state index in [0.717, 1.165) is 11.3 Å². The first-order chi connectivity index (χ1) is 16.6. The number of nitrogens with one attached hydrogen (secondary N) is 1. The molecule has 0 amide bonds. The van der Waals surface area contributed by atoms with Crippen LogP contribution in [0, 0.1) is 0 Å². The van der Waals surface area contributed by atoms with Crippen molar-refractivity contribution in [2.45, 2.75) is 20.0 Å². The smallest absolute Gasteiger partial charge is 0.300 e. The normalized spacial score (nSPS) is 11.0. The molecule has 0 atom stereocenters. The molecule has 3 heterocycles. The summed E-state index contributed by atoms with van der Waals surface area (Å²) in [5.74, 6) is 1.56. The zero-order valence-electron chi connectivity index (χ0n) is 18.2. The second-order valence-corrected chi connectivity index (χ2v) is 7.92. The minimum atomic E-state index is -0.340. The highest BCUT2D eigenvalue weighted by Crippen LogP contribution is 2.24. The van der Waals surface area contributed by atoms with E-state index in [4.69, 9.17) is 16.3 Å². The number of benzene rings is 2. The second kappa shape index (κ2) is 9.32. The molecule has 0 aliphatic carbocycles. The maximum Gasteiger partial charge on any atom is 0.300 e. The van der Waals surface area contributed by atoms with E-state index in [0.29, 0.717) is 46.7 Å². The van der Waals surface area contributed by atoms with Crippen LogP contribution in [0.1, 0.15) is 12.5 Å². The highest BCUT2D eigenvalue weighted by molar-refractivity contribution is 6.30. The van der Waals surface area contributed by atoms with Crippen LogP contribution < -0.4 is 15.6 Å². The quantitative estimate of drug-likeness (QED) is 0.367. The van der Waals surface area contributed by atoms with Gasteiger partial charge in [-0.05, 0) is 48.9 Å². The number of halogens is 1. The number of imidazole rings is 1. The number of fused-ring (bicyclic) bond motifs is 1. The van der Waals surface area contributed by atoms with Gasteiger partial charge in [-0.25, -0.2) is 15.0 Å². The Hall–Kier alpha value is -4.24. The van der Waals surface area contributed by atoms with Gasteiger partial charge in [0, 0.05) is 17.3 Å². The molecule has 1 N–H and O–H groups in total. The van der Waals surface area contributed by atoms with E-state index in [1.54, 1.807) is 35.4 Å². The minimum absolute atomic E-state index is 0.340. The summed E-state index contributed by atoms with van der Waals surface area (Å²) in [6, 6.07) is 14.8. The van der Waals surface area contributed by atoms with Crippen molar-refractivity contribution in [2.75, 3.05) is 5.32 Å². The maximum absolute atomic E-state index is 12.9. The lowest BCUT2D eigenvalue weighted by atomic mass is 10.2. The summed E-state index contributed by atoms with van der Waals surface area (Å²) in [7, 11) is 0. The maximum atomic E-state index is 12.9. The Morgan fingerprint density at radius 1 is 1.00 bits per heavy atom. The van der Waals surface area contributed by atoms with Gasteiger partial charge >= 0.3 is 5.56 Å². The molecule has 34 heavy (non-hydrogen) atoms. The van der Waals surface area contributed by atoms with Gasteiger partial charge in [0.1, 0.15) is 12.1 Å². The monoisotopic (exact) mass is 473 g/mol. The third kappa shape index (κ3) is 4.46. The largest absolute Gasteiger partial charge is 0.454 e. The van der Waals surface area contributed by atoms with E-state index in [1.807, 2.05) is 47.9 Å². The van der Waals surface area contributed by atoms with Crippen molar-refractivity contribution < 1.29 is 4.74 Å². The topological polar surface area (TPSA) is 99.8 Å².